The molecule has 5 nitrogen and oxygen atoms in total. The quantitative estimate of drug-likeness (QED) is 0.556. The van der Waals surface area contributed by atoms with Crippen LogP contribution in [0.5, 0.6) is 0 Å². The number of amides is 1. The first kappa shape index (κ1) is 22.9. The third-order valence-electron chi connectivity index (χ3n) is 5.54. The van der Waals surface area contributed by atoms with E-state index in [4.69, 9.17) is 0 Å². The van der Waals surface area contributed by atoms with Crippen LogP contribution in [0.4, 0.5) is 4.39 Å². The van der Waals surface area contributed by atoms with Gasteiger partial charge in [-0.3, -0.25) is 4.79 Å². The summed E-state index contributed by atoms with van der Waals surface area (Å²) in [6, 6.07) is 12.5. The highest BCUT2D eigenvalue weighted by atomic mass is 79.9. The summed E-state index contributed by atoms with van der Waals surface area (Å²) in [6.07, 6.45) is 2.47. The summed E-state index contributed by atoms with van der Waals surface area (Å²) in [5.41, 5.74) is 1.85. The second-order valence-corrected chi connectivity index (χ2v) is 10.0. The van der Waals surface area contributed by atoms with Crippen LogP contribution >= 0.6 is 15.9 Å². The van der Waals surface area contributed by atoms with Crippen LogP contribution in [-0.2, 0) is 20.1 Å². The van der Waals surface area contributed by atoms with E-state index in [-0.39, 0.29) is 34.6 Å². The lowest BCUT2D eigenvalue weighted by Gasteiger charge is -2.29. The third-order valence-corrected chi connectivity index (χ3v) is 7.72. The molecular formula is C22H26BrFN2O3S. The molecule has 0 spiro atoms. The number of carbonyl (C=O) groups is 1. The average molecular weight is 497 g/mol. The third kappa shape index (κ3) is 5.89. The molecule has 2 N–H and O–H groups in total. The van der Waals surface area contributed by atoms with Crippen molar-refractivity contribution in [2.75, 3.05) is 0 Å². The van der Waals surface area contributed by atoms with Crippen LogP contribution in [0.1, 0.15) is 49.8 Å². The van der Waals surface area contributed by atoms with E-state index in [9.17, 15) is 17.6 Å². The van der Waals surface area contributed by atoms with E-state index in [1.54, 1.807) is 36.4 Å². The Labute approximate surface area is 185 Å². The summed E-state index contributed by atoms with van der Waals surface area (Å²) < 4.78 is 41.1. The Kier molecular flexibility index (Phi) is 7.65. The number of sulfonamides is 1. The molecule has 2 aromatic rings. The van der Waals surface area contributed by atoms with Crippen LogP contribution in [0.2, 0.25) is 0 Å². The molecule has 0 aliphatic heterocycles. The number of carbonyl (C=O) groups excluding carboxylic acids is 1. The molecule has 1 saturated carbocycles. The van der Waals surface area contributed by atoms with E-state index in [1.807, 2.05) is 6.92 Å². The molecule has 1 unspecified atom stereocenters. The minimum absolute atomic E-state index is 0.0431. The van der Waals surface area contributed by atoms with Crippen LogP contribution in [0.15, 0.2) is 53.4 Å². The highest BCUT2D eigenvalue weighted by Crippen LogP contribution is 2.27. The number of benzene rings is 2. The normalized spacial score (nSPS) is 20.5. The van der Waals surface area contributed by atoms with Gasteiger partial charge in [-0.25, -0.2) is 17.5 Å². The van der Waals surface area contributed by atoms with Crippen molar-refractivity contribution in [1.29, 1.82) is 0 Å². The number of hydrogen-bond acceptors (Lipinski definition) is 3. The fourth-order valence-corrected chi connectivity index (χ4v) is 5.36. The lowest BCUT2D eigenvalue weighted by atomic mass is 9.85. The van der Waals surface area contributed by atoms with E-state index < -0.39 is 10.0 Å². The molecule has 1 amide bonds. The fourth-order valence-electron chi connectivity index (χ4n) is 3.68. The van der Waals surface area contributed by atoms with E-state index >= 15 is 0 Å². The molecule has 8 heteroatoms. The molecule has 0 heterocycles. The molecule has 1 fully saturated rings. The molecule has 1 aliphatic rings. The largest absolute Gasteiger partial charge is 0.349 e. The second kappa shape index (κ2) is 10.0. The predicted molar refractivity (Wildman–Crippen MR) is 118 cm³/mol. The zero-order valence-corrected chi connectivity index (χ0v) is 19.2. The van der Waals surface area contributed by atoms with Gasteiger partial charge >= 0.3 is 0 Å². The summed E-state index contributed by atoms with van der Waals surface area (Å²) in [5, 5.41) is 3.65. The summed E-state index contributed by atoms with van der Waals surface area (Å²) in [7, 11) is -3.58. The van der Waals surface area contributed by atoms with Gasteiger partial charge in [0.05, 0.1) is 10.9 Å². The van der Waals surface area contributed by atoms with Crippen LogP contribution in [0.3, 0.4) is 0 Å². The summed E-state index contributed by atoms with van der Waals surface area (Å²) in [5.74, 6) is -0.498. The van der Waals surface area contributed by atoms with Gasteiger partial charge in [-0.1, -0.05) is 40.2 Å². The van der Waals surface area contributed by atoms with Gasteiger partial charge in [0.15, 0.2) is 0 Å². The molecule has 0 radical (unpaired) electrons. The Bertz CT molecular complexity index is 957. The van der Waals surface area contributed by atoms with Crippen LogP contribution in [0, 0.1) is 11.7 Å². The van der Waals surface area contributed by atoms with Crippen molar-refractivity contribution in [3.63, 3.8) is 0 Å². The number of alkyl halides is 1. The maximum atomic E-state index is 13.1. The maximum Gasteiger partial charge on any atom is 0.240 e. The molecule has 1 aliphatic carbocycles. The Morgan fingerprint density at radius 3 is 2.23 bits per heavy atom. The van der Waals surface area contributed by atoms with Crippen molar-refractivity contribution >= 4 is 31.9 Å². The standard InChI is InChI=1S/C22H26BrFN2O3S/c1-15(17-4-8-19(24)9-5-17)25-22(27)18-6-10-20(11-7-18)26-30(28,29)21-12-2-16(14-23)3-13-21/h2-5,8-9,12-13,15,18,20,26H,6-7,10-11,14H2,1H3,(H,25,27). The molecule has 0 aromatic heterocycles. The van der Waals surface area contributed by atoms with Gasteiger partial charge in [-0.15, -0.1) is 0 Å². The molecule has 0 saturated heterocycles. The second-order valence-electron chi connectivity index (χ2n) is 7.73. The van der Waals surface area contributed by atoms with Gasteiger partial charge < -0.3 is 5.32 Å². The van der Waals surface area contributed by atoms with Crippen molar-refractivity contribution in [3.8, 4) is 0 Å². The van der Waals surface area contributed by atoms with Crippen molar-refractivity contribution < 1.29 is 17.6 Å². The number of hydrogen-bond donors (Lipinski definition) is 2. The average Bonchev–Trinajstić information content (AvgIpc) is 2.74. The Balaban J connectivity index is 1.51. The van der Waals surface area contributed by atoms with Crippen molar-refractivity contribution in [2.24, 2.45) is 5.92 Å². The first-order chi connectivity index (χ1) is 14.3. The summed E-state index contributed by atoms with van der Waals surface area (Å²) in [6.45, 7) is 1.87. The zero-order valence-electron chi connectivity index (χ0n) is 16.8. The van der Waals surface area contributed by atoms with Crippen molar-refractivity contribution in [3.05, 3.63) is 65.5 Å². The fraction of sp³-hybridized carbons (Fsp3) is 0.409. The lowest BCUT2D eigenvalue weighted by molar-refractivity contribution is -0.126. The van der Waals surface area contributed by atoms with E-state index in [0.717, 1.165) is 11.1 Å². The van der Waals surface area contributed by atoms with E-state index in [0.29, 0.717) is 31.0 Å². The number of halogens is 2. The lowest BCUT2D eigenvalue weighted by Crippen LogP contribution is -2.41. The molecule has 3 rings (SSSR count). The Hall–Kier alpha value is -1.77. The van der Waals surface area contributed by atoms with Gasteiger partial charge in [-0.2, -0.15) is 0 Å². The Morgan fingerprint density at radius 1 is 1.07 bits per heavy atom. The van der Waals surface area contributed by atoms with Crippen LogP contribution in [-0.4, -0.2) is 20.4 Å². The molecule has 162 valence electrons. The van der Waals surface area contributed by atoms with Gasteiger partial charge in [0.25, 0.3) is 0 Å². The van der Waals surface area contributed by atoms with Crippen molar-refractivity contribution in [2.45, 2.75) is 54.9 Å². The highest BCUT2D eigenvalue weighted by Gasteiger charge is 2.29. The van der Waals surface area contributed by atoms with Gasteiger partial charge in [0, 0.05) is 17.3 Å². The Morgan fingerprint density at radius 2 is 1.67 bits per heavy atom. The minimum Gasteiger partial charge on any atom is -0.349 e. The predicted octanol–water partition coefficient (Wildman–Crippen LogP) is 4.44. The summed E-state index contributed by atoms with van der Waals surface area (Å²) in [4.78, 5) is 12.8. The number of rotatable bonds is 7. The van der Waals surface area contributed by atoms with Crippen LogP contribution in [0.25, 0.3) is 0 Å². The number of nitrogens with one attached hydrogen (secondary N) is 2. The molecule has 1 atom stereocenters. The monoisotopic (exact) mass is 496 g/mol. The molecular weight excluding hydrogens is 471 g/mol. The summed E-state index contributed by atoms with van der Waals surface area (Å²) >= 11 is 3.35. The first-order valence-corrected chi connectivity index (χ1v) is 12.6. The topological polar surface area (TPSA) is 75.3 Å². The molecule has 2 aromatic carbocycles. The van der Waals surface area contributed by atoms with E-state index in [2.05, 4.69) is 26.0 Å². The van der Waals surface area contributed by atoms with Gasteiger partial charge in [0.1, 0.15) is 5.82 Å². The first-order valence-electron chi connectivity index (χ1n) is 10.0. The maximum absolute atomic E-state index is 13.1. The zero-order chi connectivity index (χ0) is 21.7. The van der Waals surface area contributed by atoms with Gasteiger partial charge in [0.2, 0.25) is 15.9 Å². The SMILES string of the molecule is CC(NC(=O)C1CCC(NS(=O)(=O)c2ccc(CBr)cc2)CC1)c1ccc(F)cc1. The van der Waals surface area contributed by atoms with Gasteiger partial charge in [-0.05, 0) is 68.0 Å². The molecule has 0 bridgehead atoms. The van der Waals surface area contributed by atoms with Crippen LogP contribution < -0.4 is 10.0 Å². The van der Waals surface area contributed by atoms with E-state index in [1.165, 1.54) is 12.1 Å². The highest BCUT2D eigenvalue weighted by molar-refractivity contribution is 9.08. The smallest absolute Gasteiger partial charge is 0.240 e. The molecule has 30 heavy (non-hydrogen) atoms. The minimum atomic E-state index is -3.58. The van der Waals surface area contributed by atoms with Crippen molar-refractivity contribution in [1.82, 2.24) is 10.0 Å².